The Hall–Kier alpha value is -6.51. The molecule has 3 aliphatic heterocycles. The van der Waals surface area contributed by atoms with Crippen molar-refractivity contribution in [1.29, 1.82) is 0 Å². The number of methoxy groups -OCH3 is 1. The summed E-state index contributed by atoms with van der Waals surface area (Å²) in [6.07, 6.45) is 8.59. The van der Waals surface area contributed by atoms with Crippen molar-refractivity contribution in [3.8, 4) is 28.5 Å². The van der Waals surface area contributed by atoms with E-state index in [4.69, 9.17) is 25.3 Å². The fraction of sp³-hybridized carbons (Fsp3) is 0.392. The number of rotatable bonds is 12. The predicted octanol–water partition coefficient (Wildman–Crippen LogP) is 8.25. The Bertz CT molecular complexity index is 2560. The minimum absolute atomic E-state index is 0.144. The van der Waals surface area contributed by atoms with E-state index in [-0.39, 0.29) is 24.5 Å². The number of piperazine rings is 1. The highest BCUT2D eigenvalue weighted by molar-refractivity contribution is 6.05. The number of aromatic nitrogens is 4. The average Bonchev–Trinajstić information content (AvgIpc) is 3.75. The van der Waals surface area contributed by atoms with Crippen LogP contribution in [0.3, 0.4) is 0 Å². The van der Waals surface area contributed by atoms with Gasteiger partial charge in [0.2, 0.25) is 5.91 Å². The molecule has 0 radical (unpaired) electrons. The summed E-state index contributed by atoms with van der Waals surface area (Å²) in [4.78, 5) is 46.3. The number of imide groups is 1. The molecular formula is C51H58N10O4. The van der Waals surface area contributed by atoms with Gasteiger partial charge in [0.1, 0.15) is 35.1 Å². The molecule has 3 saturated heterocycles. The molecule has 1 saturated carbocycles. The van der Waals surface area contributed by atoms with Gasteiger partial charge in [-0.1, -0.05) is 30.3 Å². The summed E-state index contributed by atoms with van der Waals surface area (Å²) in [5.74, 6) is 3.30. The maximum atomic E-state index is 13.5. The molecule has 0 atom stereocenters. The minimum Gasteiger partial charge on any atom is -0.497 e. The van der Waals surface area contributed by atoms with E-state index < -0.39 is 0 Å². The zero-order valence-electron chi connectivity index (χ0n) is 37.2. The Kier molecular flexibility index (Phi) is 12.3. The molecule has 2 N–H and O–H groups in total. The first-order chi connectivity index (χ1) is 31.9. The lowest BCUT2D eigenvalue weighted by Gasteiger charge is -2.43. The van der Waals surface area contributed by atoms with Crippen LogP contribution in [0.15, 0.2) is 109 Å². The van der Waals surface area contributed by atoms with Crippen LogP contribution in [-0.4, -0.2) is 112 Å². The van der Waals surface area contributed by atoms with Crippen LogP contribution in [-0.2, 0) is 11.3 Å². The average molecular weight is 875 g/mol. The van der Waals surface area contributed by atoms with Crippen molar-refractivity contribution in [2.45, 2.75) is 63.6 Å². The van der Waals surface area contributed by atoms with Crippen LogP contribution in [0.4, 0.5) is 22.0 Å². The van der Waals surface area contributed by atoms with Crippen molar-refractivity contribution in [1.82, 2.24) is 34.4 Å². The lowest BCUT2D eigenvalue weighted by molar-refractivity contribution is -0.129. The zero-order chi connectivity index (χ0) is 44.3. The van der Waals surface area contributed by atoms with Gasteiger partial charge in [0, 0.05) is 81.8 Å². The molecule has 4 aromatic carbocycles. The minimum atomic E-state index is -0.274. The summed E-state index contributed by atoms with van der Waals surface area (Å²) in [5, 5.41) is 5.98. The van der Waals surface area contributed by atoms with Gasteiger partial charge in [-0.15, -0.1) is 0 Å². The van der Waals surface area contributed by atoms with E-state index in [2.05, 4.69) is 36.5 Å². The van der Waals surface area contributed by atoms with Gasteiger partial charge in [-0.05, 0) is 123 Å². The second-order valence-corrected chi connectivity index (χ2v) is 17.9. The standard InChI is InChI=1S/C51H58N10O4/c1-64-43-19-7-36(8-20-43)34-60-46(62)25-28-59(51(60)63)41-15-11-39(12-16-41)57-26-23-37(24-27-57)33-56-29-31-58(32-30-56)40-13-17-42(18-14-40)61-50-47(49(52)53-35-54-50)48(55-61)38-9-21-45(22-10-38)65-44-5-3-2-4-6-44/h2-12,15-16,19-22,35,37,40,42H,13-14,17-18,23-34H2,1H3,(H2,52,53,54). The Labute approximate surface area is 380 Å². The fourth-order valence-corrected chi connectivity index (χ4v) is 10.3. The molecule has 1 aliphatic carbocycles. The van der Waals surface area contributed by atoms with Crippen molar-refractivity contribution in [2.24, 2.45) is 5.92 Å². The molecule has 4 aliphatic rings. The highest BCUT2D eigenvalue weighted by atomic mass is 16.5. The molecule has 0 bridgehead atoms. The van der Waals surface area contributed by atoms with Crippen LogP contribution < -0.4 is 25.0 Å². The van der Waals surface area contributed by atoms with E-state index in [1.807, 2.05) is 91.0 Å². The number of hydrogen-bond acceptors (Lipinski definition) is 11. The number of nitrogens with zero attached hydrogens (tertiary/aromatic N) is 9. The van der Waals surface area contributed by atoms with E-state index in [0.29, 0.717) is 30.7 Å². The van der Waals surface area contributed by atoms with Gasteiger partial charge in [0.15, 0.2) is 5.65 Å². The van der Waals surface area contributed by atoms with Crippen LogP contribution >= 0.6 is 0 Å². The van der Waals surface area contributed by atoms with Crippen molar-refractivity contribution in [3.05, 3.63) is 115 Å². The number of amides is 3. The molecule has 0 spiro atoms. The van der Waals surface area contributed by atoms with Gasteiger partial charge >= 0.3 is 6.03 Å². The predicted molar refractivity (Wildman–Crippen MR) is 253 cm³/mol. The zero-order valence-corrected chi connectivity index (χ0v) is 37.2. The number of carbonyl (C=O) groups excluding carboxylic acids is 2. The number of urea groups is 1. The van der Waals surface area contributed by atoms with Gasteiger partial charge < -0.3 is 25.0 Å². The van der Waals surface area contributed by atoms with E-state index >= 15 is 0 Å². The van der Waals surface area contributed by atoms with Crippen molar-refractivity contribution >= 4 is 40.2 Å². The quantitative estimate of drug-likeness (QED) is 0.127. The molecule has 5 heterocycles. The Morgan fingerprint density at radius 1 is 0.677 bits per heavy atom. The Balaban J connectivity index is 0.679. The summed E-state index contributed by atoms with van der Waals surface area (Å²) in [6.45, 7) is 8.34. The Morgan fingerprint density at radius 2 is 1.34 bits per heavy atom. The molecule has 0 unspecified atom stereocenters. The number of nitrogen functional groups attached to an aromatic ring is 1. The van der Waals surface area contributed by atoms with Crippen LogP contribution in [0.5, 0.6) is 17.2 Å². The molecule has 10 rings (SSSR count). The smallest absolute Gasteiger partial charge is 0.331 e. The summed E-state index contributed by atoms with van der Waals surface area (Å²) >= 11 is 0. The molecule has 14 nitrogen and oxygen atoms in total. The lowest BCUT2D eigenvalue weighted by Crippen LogP contribution is -2.52. The third kappa shape index (κ3) is 9.23. The molecule has 2 aromatic heterocycles. The number of hydrogen-bond donors (Lipinski definition) is 1. The number of benzene rings is 4. The SMILES string of the molecule is COc1ccc(CN2C(=O)CCN(c3ccc(N4CCC(CN5CCN(C6CCC(n7nc(-c8ccc(Oc9ccccc9)cc8)c8c(N)ncnc87)CC6)CC5)CC4)cc3)C2=O)cc1. The lowest BCUT2D eigenvalue weighted by atomic mass is 9.89. The first-order valence-corrected chi connectivity index (χ1v) is 23.2. The summed E-state index contributed by atoms with van der Waals surface area (Å²) in [7, 11) is 1.62. The maximum absolute atomic E-state index is 13.5. The Morgan fingerprint density at radius 3 is 2.05 bits per heavy atom. The third-order valence-corrected chi connectivity index (χ3v) is 14.0. The van der Waals surface area contributed by atoms with E-state index in [9.17, 15) is 9.59 Å². The number of fused-ring (bicyclic) bond motifs is 1. The molecule has 6 aromatic rings. The summed E-state index contributed by atoms with van der Waals surface area (Å²) < 4.78 is 13.4. The van der Waals surface area contributed by atoms with Crippen molar-refractivity contribution in [2.75, 3.05) is 75.0 Å². The number of ether oxygens (including phenoxy) is 2. The highest BCUT2D eigenvalue weighted by Crippen LogP contribution is 2.38. The van der Waals surface area contributed by atoms with E-state index in [1.54, 1.807) is 18.3 Å². The van der Waals surface area contributed by atoms with Gasteiger partial charge in [-0.25, -0.2) is 19.4 Å². The summed E-state index contributed by atoms with van der Waals surface area (Å²) in [5.41, 5.74) is 11.9. The molecule has 14 heteroatoms. The van der Waals surface area contributed by atoms with Crippen LogP contribution in [0.25, 0.3) is 22.3 Å². The number of anilines is 3. The maximum Gasteiger partial charge on any atom is 0.331 e. The number of piperidine rings is 1. The molecule has 3 amide bonds. The second kappa shape index (κ2) is 18.9. The van der Waals surface area contributed by atoms with Gasteiger partial charge in [-0.2, -0.15) is 5.10 Å². The van der Waals surface area contributed by atoms with Crippen LogP contribution in [0, 0.1) is 5.92 Å². The number of nitrogens with two attached hydrogens (primary N) is 1. The second-order valence-electron chi connectivity index (χ2n) is 17.9. The van der Waals surface area contributed by atoms with E-state index in [0.717, 1.165) is 116 Å². The largest absolute Gasteiger partial charge is 0.497 e. The molecule has 65 heavy (non-hydrogen) atoms. The van der Waals surface area contributed by atoms with Crippen LogP contribution in [0.2, 0.25) is 0 Å². The number of carbonyl (C=O) groups is 2. The van der Waals surface area contributed by atoms with Crippen molar-refractivity contribution in [3.63, 3.8) is 0 Å². The van der Waals surface area contributed by atoms with Crippen LogP contribution in [0.1, 0.15) is 56.6 Å². The van der Waals surface area contributed by atoms with E-state index in [1.165, 1.54) is 30.0 Å². The van der Waals surface area contributed by atoms with Crippen molar-refractivity contribution < 1.29 is 19.1 Å². The highest BCUT2D eigenvalue weighted by Gasteiger charge is 2.34. The first kappa shape index (κ1) is 42.4. The molecule has 4 fully saturated rings. The topological polar surface area (TPSA) is 138 Å². The monoisotopic (exact) mass is 874 g/mol. The third-order valence-electron chi connectivity index (χ3n) is 14.0. The number of para-hydroxylation sites is 1. The van der Waals surface area contributed by atoms with Gasteiger partial charge in [0.05, 0.1) is 25.1 Å². The summed E-state index contributed by atoms with van der Waals surface area (Å²) in [6, 6.07) is 34.1. The normalized spacial score (nSPS) is 20.4. The molecular weight excluding hydrogens is 817 g/mol. The van der Waals surface area contributed by atoms with Gasteiger partial charge in [-0.3, -0.25) is 19.5 Å². The molecule has 336 valence electrons. The first-order valence-electron chi connectivity index (χ1n) is 23.2. The fourth-order valence-electron chi connectivity index (χ4n) is 10.3. The van der Waals surface area contributed by atoms with Gasteiger partial charge in [0.25, 0.3) is 0 Å².